The highest BCUT2D eigenvalue weighted by Gasteiger charge is 2.19. The summed E-state index contributed by atoms with van der Waals surface area (Å²) in [6.07, 6.45) is 43.8. The number of carbonyl (C=O) groups excluding carboxylic acids is 3. The van der Waals surface area contributed by atoms with Crippen molar-refractivity contribution in [1.29, 1.82) is 0 Å². The van der Waals surface area contributed by atoms with Crippen molar-refractivity contribution in [3.8, 4) is 0 Å². The van der Waals surface area contributed by atoms with Crippen molar-refractivity contribution in [2.45, 2.75) is 278 Å². The molecule has 0 bridgehead atoms. The molecule has 0 unspecified atom stereocenters. The van der Waals surface area contributed by atoms with Crippen LogP contribution >= 0.6 is 0 Å². The monoisotopic (exact) mass is 779 g/mol. The van der Waals surface area contributed by atoms with E-state index < -0.39 is 6.10 Å². The number of ether oxygens (including phenoxy) is 3. The average molecular weight is 779 g/mol. The molecular formula is C49H94O6. The molecule has 0 radical (unpaired) electrons. The van der Waals surface area contributed by atoms with E-state index in [0.29, 0.717) is 19.3 Å². The van der Waals surface area contributed by atoms with Gasteiger partial charge in [-0.1, -0.05) is 233 Å². The van der Waals surface area contributed by atoms with Gasteiger partial charge in [0, 0.05) is 19.3 Å². The summed E-state index contributed by atoms with van der Waals surface area (Å²) in [4.78, 5) is 37.8. The molecule has 0 aliphatic carbocycles. The first-order valence-corrected chi connectivity index (χ1v) is 24.4. The number of hydrogen-bond acceptors (Lipinski definition) is 6. The maximum absolute atomic E-state index is 12.7. The van der Waals surface area contributed by atoms with Crippen LogP contribution in [0.4, 0.5) is 0 Å². The zero-order chi connectivity index (χ0) is 40.3. The Morgan fingerprint density at radius 2 is 0.600 bits per heavy atom. The molecule has 0 amide bonds. The molecule has 0 fully saturated rings. The van der Waals surface area contributed by atoms with Crippen LogP contribution in [0.5, 0.6) is 0 Å². The summed E-state index contributed by atoms with van der Waals surface area (Å²) >= 11 is 0. The Morgan fingerprint density at radius 1 is 0.345 bits per heavy atom. The van der Waals surface area contributed by atoms with Gasteiger partial charge in [-0.3, -0.25) is 14.4 Å². The molecule has 0 aliphatic rings. The molecule has 0 heterocycles. The molecule has 0 aliphatic heterocycles. The zero-order valence-electron chi connectivity index (χ0n) is 37.4. The topological polar surface area (TPSA) is 78.9 Å². The predicted octanol–water partition coefficient (Wildman–Crippen LogP) is 15.5. The predicted molar refractivity (Wildman–Crippen MR) is 233 cm³/mol. The maximum Gasteiger partial charge on any atom is 0.306 e. The van der Waals surface area contributed by atoms with Crippen molar-refractivity contribution in [2.75, 3.05) is 13.2 Å². The minimum atomic E-state index is -0.760. The molecule has 1 atom stereocenters. The van der Waals surface area contributed by atoms with Gasteiger partial charge in [-0.15, -0.1) is 0 Å². The van der Waals surface area contributed by atoms with E-state index in [1.54, 1.807) is 0 Å². The lowest BCUT2D eigenvalue weighted by Crippen LogP contribution is -2.30. The van der Waals surface area contributed by atoms with E-state index in [-0.39, 0.29) is 31.1 Å². The summed E-state index contributed by atoms with van der Waals surface area (Å²) in [5.74, 6) is -0.0897. The Bertz CT molecular complexity index is 826. The number of hydrogen-bond donors (Lipinski definition) is 0. The van der Waals surface area contributed by atoms with Gasteiger partial charge in [-0.25, -0.2) is 0 Å². The number of carbonyl (C=O) groups is 3. The molecule has 0 saturated heterocycles. The summed E-state index contributed by atoms with van der Waals surface area (Å²) in [7, 11) is 0. The van der Waals surface area contributed by atoms with Gasteiger partial charge in [0.05, 0.1) is 0 Å². The minimum Gasteiger partial charge on any atom is -0.462 e. The molecular weight excluding hydrogens is 685 g/mol. The molecule has 0 rings (SSSR count). The van der Waals surface area contributed by atoms with E-state index in [9.17, 15) is 14.4 Å². The SMILES string of the molecule is CCCCCCCCCCCCCCCCC(=O)OC[C@@H](COC(=O)CCCCCCCCC(C)C)OC(=O)CCCCCCCCCCCCCCCC. The van der Waals surface area contributed by atoms with Gasteiger partial charge in [0.15, 0.2) is 6.10 Å². The van der Waals surface area contributed by atoms with Crippen molar-refractivity contribution in [1.82, 2.24) is 0 Å². The largest absolute Gasteiger partial charge is 0.462 e. The molecule has 0 saturated carbocycles. The second kappa shape index (κ2) is 43.5. The molecule has 0 aromatic rings. The maximum atomic E-state index is 12.7. The van der Waals surface area contributed by atoms with E-state index in [1.165, 1.54) is 167 Å². The second-order valence-corrected chi connectivity index (χ2v) is 17.2. The molecule has 0 N–H and O–H groups in total. The van der Waals surface area contributed by atoms with Crippen molar-refractivity contribution < 1.29 is 28.6 Å². The van der Waals surface area contributed by atoms with Gasteiger partial charge in [0.2, 0.25) is 0 Å². The minimum absolute atomic E-state index is 0.0639. The Hall–Kier alpha value is -1.59. The Balaban J connectivity index is 4.29. The Kier molecular flexibility index (Phi) is 42.3. The highest BCUT2D eigenvalue weighted by Crippen LogP contribution is 2.16. The fourth-order valence-electron chi connectivity index (χ4n) is 7.33. The molecule has 0 aromatic carbocycles. The fourth-order valence-corrected chi connectivity index (χ4v) is 7.33. The van der Waals surface area contributed by atoms with Gasteiger partial charge in [-0.05, 0) is 25.2 Å². The van der Waals surface area contributed by atoms with Crippen molar-refractivity contribution in [3.05, 3.63) is 0 Å². The van der Waals surface area contributed by atoms with Crippen LogP contribution in [-0.2, 0) is 28.6 Å². The Morgan fingerprint density at radius 3 is 0.891 bits per heavy atom. The summed E-state index contributed by atoms with van der Waals surface area (Å²) < 4.78 is 16.7. The summed E-state index contributed by atoms with van der Waals surface area (Å²) in [5, 5.41) is 0. The first kappa shape index (κ1) is 53.4. The van der Waals surface area contributed by atoms with Crippen LogP contribution in [0, 0.1) is 5.92 Å². The average Bonchev–Trinajstić information content (AvgIpc) is 3.17. The van der Waals surface area contributed by atoms with Crippen molar-refractivity contribution in [2.24, 2.45) is 5.92 Å². The molecule has 0 aromatic heterocycles. The summed E-state index contributed by atoms with van der Waals surface area (Å²) in [5.41, 5.74) is 0. The molecule has 6 nitrogen and oxygen atoms in total. The van der Waals surface area contributed by atoms with E-state index >= 15 is 0 Å². The highest BCUT2D eigenvalue weighted by atomic mass is 16.6. The quantitative estimate of drug-likeness (QED) is 0.0348. The van der Waals surface area contributed by atoms with Gasteiger partial charge >= 0.3 is 17.9 Å². The lowest BCUT2D eigenvalue weighted by Gasteiger charge is -2.18. The second-order valence-electron chi connectivity index (χ2n) is 17.2. The third-order valence-corrected chi connectivity index (χ3v) is 11.0. The third kappa shape index (κ3) is 43.4. The van der Waals surface area contributed by atoms with Crippen molar-refractivity contribution in [3.63, 3.8) is 0 Å². The molecule has 6 heteroatoms. The number of rotatable bonds is 44. The lowest BCUT2D eigenvalue weighted by molar-refractivity contribution is -0.167. The van der Waals surface area contributed by atoms with E-state index in [0.717, 1.165) is 63.7 Å². The van der Waals surface area contributed by atoms with E-state index in [1.807, 2.05) is 0 Å². The Labute approximate surface area is 342 Å². The van der Waals surface area contributed by atoms with Gasteiger partial charge in [0.1, 0.15) is 13.2 Å². The normalized spacial score (nSPS) is 11.9. The molecule has 55 heavy (non-hydrogen) atoms. The van der Waals surface area contributed by atoms with Gasteiger partial charge in [-0.2, -0.15) is 0 Å². The fraction of sp³-hybridized carbons (Fsp3) is 0.939. The smallest absolute Gasteiger partial charge is 0.306 e. The van der Waals surface area contributed by atoms with Crippen LogP contribution < -0.4 is 0 Å². The van der Waals surface area contributed by atoms with Crippen LogP contribution in [0.2, 0.25) is 0 Å². The first-order valence-electron chi connectivity index (χ1n) is 24.4. The zero-order valence-corrected chi connectivity index (χ0v) is 37.4. The molecule has 326 valence electrons. The first-order chi connectivity index (χ1) is 26.9. The lowest BCUT2D eigenvalue weighted by atomic mass is 10.0. The summed E-state index contributed by atoms with van der Waals surface area (Å²) in [6.45, 7) is 8.94. The van der Waals surface area contributed by atoms with Crippen LogP contribution in [0.25, 0.3) is 0 Å². The highest BCUT2D eigenvalue weighted by molar-refractivity contribution is 5.71. The standard InChI is InChI=1S/C49H94O6/c1-5-7-9-11-13-15-17-19-21-23-25-27-32-36-40-47(50)53-43-46(44-54-48(51)41-37-33-30-29-31-35-39-45(3)4)55-49(52)42-38-34-28-26-24-22-20-18-16-14-12-10-8-6-2/h45-46H,5-44H2,1-4H3/t46-/m0/s1. The van der Waals surface area contributed by atoms with E-state index in [2.05, 4.69) is 27.7 Å². The van der Waals surface area contributed by atoms with Crippen LogP contribution in [-0.4, -0.2) is 37.2 Å². The number of esters is 3. The van der Waals surface area contributed by atoms with Crippen LogP contribution in [0.3, 0.4) is 0 Å². The van der Waals surface area contributed by atoms with Crippen molar-refractivity contribution >= 4 is 17.9 Å². The van der Waals surface area contributed by atoms with Crippen LogP contribution in [0.15, 0.2) is 0 Å². The van der Waals surface area contributed by atoms with Gasteiger partial charge < -0.3 is 14.2 Å². The van der Waals surface area contributed by atoms with Crippen LogP contribution in [0.1, 0.15) is 272 Å². The summed E-state index contributed by atoms with van der Waals surface area (Å²) in [6, 6.07) is 0. The third-order valence-electron chi connectivity index (χ3n) is 11.0. The molecule has 0 spiro atoms. The van der Waals surface area contributed by atoms with E-state index in [4.69, 9.17) is 14.2 Å². The number of unbranched alkanes of at least 4 members (excludes halogenated alkanes) is 31. The van der Waals surface area contributed by atoms with Gasteiger partial charge in [0.25, 0.3) is 0 Å².